The van der Waals surface area contributed by atoms with Crippen molar-refractivity contribution in [2.45, 2.75) is 45.0 Å². The summed E-state index contributed by atoms with van der Waals surface area (Å²) in [6.45, 7) is 5.81. The molecule has 1 aliphatic heterocycles. The van der Waals surface area contributed by atoms with Gasteiger partial charge >= 0.3 is 0 Å². The van der Waals surface area contributed by atoms with Gasteiger partial charge in [0.05, 0.1) is 11.9 Å². The van der Waals surface area contributed by atoms with Gasteiger partial charge in [0.25, 0.3) is 0 Å². The van der Waals surface area contributed by atoms with E-state index in [0.29, 0.717) is 12.2 Å². The van der Waals surface area contributed by atoms with Crippen molar-refractivity contribution >= 4 is 15.6 Å². The molecule has 1 fully saturated rings. The maximum Gasteiger partial charge on any atom is 0.180 e. The van der Waals surface area contributed by atoms with Gasteiger partial charge in [0.2, 0.25) is 0 Å². The average molecular weight is 310 g/mol. The van der Waals surface area contributed by atoms with Crippen LogP contribution in [-0.2, 0) is 14.6 Å². The van der Waals surface area contributed by atoms with Gasteiger partial charge in [-0.1, -0.05) is 17.7 Å². The molecular weight excluding hydrogens is 288 g/mol. The molecule has 1 aromatic rings. The van der Waals surface area contributed by atoms with Crippen LogP contribution in [0.3, 0.4) is 0 Å². The van der Waals surface area contributed by atoms with Crippen LogP contribution in [0, 0.1) is 13.8 Å². The fourth-order valence-corrected chi connectivity index (χ4v) is 4.09. The van der Waals surface area contributed by atoms with Gasteiger partial charge in [0.15, 0.2) is 15.6 Å². The van der Waals surface area contributed by atoms with Gasteiger partial charge in [-0.2, -0.15) is 0 Å². The van der Waals surface area contributed by atoms with Crippen molar-refractivity contribution in [3.05, 3.63) is 34.9 Å². The third kappa shape index (κ3) is 3.71. The lowest BCUT2D eigenvalue weighted by molar-refractivity contribution is 0.0989. The summed E-state index contributed by atoms with van der Waals surface area (Å²) in [5.74, 6) is -0.390. The smallest absolute Gasteiger partial charge is 0.180 e. The summed E-state index contributed by atoms with van der Waals surface area (Å²) >= 11 is 0. The zero-order valence-corrected chi connectivity index (χ0v) is 13.6. The Balaban J connectivity index is 2.19. The number of Topliss-reactive ketones (excluding diaryl/α,β-unsaturated/α-hetero) is 1. The lowest BCUT2D eigenvalue weighted by Gasteiger charge is -2.16. The number of aryl methyl sites for hydroxylation is 2. The summed E-state index contributed by atoms with van der Waals surface area (Å²) in [6.07, 6.45) is 1.38. The van der Waals surface area contributed by atoms with E-state index in [9.17, 15) is 13.2 Å². The predicted molar refractivity (Wildman–Crippen MR) is 82.5 cm³/mol. The molecule has 1 aliphatic rings. The van der Waals surface area contributed by atoms with E-state index < -0.39 is 15.1 Å². The molecule has 1 heterocycles. The number of carbonyl (C=O) groups is 1. The molecule has 0 aliphatic carbocycles. The molecule has 1 aromatic carbocycles. The van der Waals surface area contributed by atoms with E-state index in [1.165, 1.54) is 6.92 Å². The highest BCUT2D eigenvalue weighted by atomic mass is 32.2. The Labute approximate surface area is 126 Å². The quantitative estimate of drug-likeness (QED) is 0.784. The molecule has 2 unspecified atom stereocenters. The van der Waals surface area contributed by atoms with Crippen molar-refractivity contribution in [2.24, 2.45) is 0 Å². The van der Waals surface area contributed by atoms with Crippen LogP contribution in [0.2, 0.25) is 0 Å². The van der Waals surface area contributed by atoms with E-state index in [1.807, 2.05) is 26.0 Å². The second kappa shape index (κ2) is 6.28. The van der Waals surface area contributed by atoms with Crippen LogP contribution in [0.4, 0.5) is 0 Å². The molecule has 5 heteroatoms. The van der Waals surface area contributed by atoms with E-state index >= 15 is 0 Å². The third-order valence-corrected chi connectivity index (χ3v) is 6.14. The first-order valence-corrected chi connectivity index (χ1v) is 8.97. The van der Waals surface area contributed by atoms with E-state index in [-0.39, 0.29) is 17.6 Å². The minimum Gasteiger partial charge on any atom is -0.377 e. The van der Waals surface area contributed by atoms with Gasteiger partial charge < -0.3 is 4.74 Å². The van der Waals surface area contributed by atoms with Crippen LogP contribution in [0.5, 0.6) is 0 Å². The van der Waals surface area contributed by atoms with Crippen LogP contribution in [0.1, 0.15) is 41.3 Å². The van der Waals surface area contributed by atoms with E-state index in [1.54, 1.807) is 6.07 Å². The SMILES string of the molecule is Cc1ccc(C)c(C(=O)C(C)S(=O)(=O)CC2CCCO2)c1. The Bertz CT molecular complexity index is 628. The minimum atomic E-state index is -3.50. The lowest BCUT2D eigenvalue weighted by Crippen LogP contribution is -2.34. The van der Waals surface area contributed by atoms with Gasteiger partial charge in [-0.25, -0.2) is 8.42 Å². The number of ether oxygens (including phenoxy) is 1. The summed E-state index contributed by atoms with van der Waals surface area (Å²) in [5, 5.41) is -1.03. The molecular formula is C16H22O4S. The summed E-state index contributed by atoms with van der Waals surface area (Å²) < 4.78 is 30.2. The molecule has 1 saturated heterocycles. The molecule has 0 amide bonds. The summed E-state index contributed by atoms with van der Waals surface area (Å²) in [4.78, 5) is 12.5. The minimum absolute atomic E-state index is 0.0647. The Morgan fingerprint density at radius 2 is 2.10 bits per heavy atom. The van der Waals surface area contributed by atoms with E-state index in [2.05, 4.69) is 0 Å². The predicted octanol–water partition coefficient (Wildman–Crippen LogP) is 2.47. The Morgan fingerprint density at radius 3 is 2.71 bits per heavy atom. The van der Waals surface area contributed by atoms with Crippen LogP contribution in [0.25, 0.3) is 0 Å². The van der Waals surface area contributed by atoms with Gasteiger partial charge in [-0.05, 0) is 45.2 Å². The second-order valence-corrected chi connectivity index (χ2v) is 8.16. The number of hydrogen-bond acceptors (Lipinski definition) is 4. The fraction of sp³-hybridized carbons (Fsp3) is 0.562. The van der Waals surface area contributed by atoms with E-state index in [4.69, 9.17) is 4.74 Å². The zero-order valence-electron chi connectivity index (χ0n) is 12.8. The highest BCUT2D eigenvalue weighted by Crippen LogP contribution is 2.20. The molecule has 4 nitrogen and oxygen atoms in total. The van der Waals surface area contributed by atoms with Crippen molar-refractivity contribution < 1.29 is 17.9 Å². The Morgan fingerprint density at radius 1 is 1.38 bits per heavy atom. The first kappa shape index (κ1) is 16.2. The average Bonchev–Trinajstić information content (AvgIpc) is 2.92. The first-order chi connectivity index (χ1) is 9.81. The molecule has 0 aromatic heterocycles. The Kier molecular flexibility index (Phi) is 4.84. The molecule has 0 spiro atoms. The summed E-state index contributed by atoms with van der Waals surface area (Å²) in [5.41, 5.74) is 2.26. The van der Waals surface area contributed by atoms with Crippen LogP contribution < -0.4 is 0 Å². The lowest BCUT2D eigenvalue weighted by atomic mass is 10.0. The topological polar surface area (TPSA) is 60.4 Å². The highest BCUT2D eigenvalue weighted by Gasteiger charge is 2.33. The number of carbonyl (C=O) groups excluding carboxylic acids is 1. The van der Waals surface area contributed by atoms with Gasteiger partial charge in [0.1, 0.15) is 5.25 Å². The molecule has 0 N–H and O–H groups in total. The van der Waals surface area contributed by atoms with Crippen LogP contribution in [-0.4, -0.2) is 37.9 Å². The summed E-state index contributed by atoms with van der Waals surface area (Å²) in [7, 11) is -3.50. The van der Waals surface area contributed by atoms with Crippen molar-refractivity contribution in [3.8, 4) is 0 Å². The van der Waals surface area contributed by atoms with Gasteiger partial charge in [0, 0.05) is 12.2 Å². The van der Waals surface area contributed by atoms with Crippen molar-refractivity contribution in [1.82, 2.24) is 0 Å². The number of ketones is 1. The third-order valence-electron chi connectivity index (χ3n) is 4.01. The van der Waals surface area contributed by atoms with Crippen LogP contribution in [0.15, 0.2) is 18.2 Å². The molecule has 21 heavy (non-hydrogen) atoms. The highest BCUT2D eigenvalue weighted by molar-refractivity contribution is 7.92. The molecule has 2 rings (SSSR count). The largest absolute Gasteiger partial charge is 0.377 e. The van der Waals surface area contributed by atoms with Gasteiger partial charge in [-0.3, -0.25) is 4.79 Å². The molecule has 0 radical (unpaired) electrons. The number of sulfone groups is 1. The standard InChI is InChI=1S/C16H22O4S/c1-11-6-7-12(2)15(9-11)16(17)13(3)21(18,19)10-14-5-4-8-20-14/h6-7,9,13-14H,4-5,8,10H2,1-3H3. The monoisotopic (exact) mass is 310 g/mol. The molecule has 0 saturated carbocycles. The maximum absolute atomic E-state index is 12.5. The van der Waals surface area contributed by atoms with Crippen molar-refractivity contribution in [1.29, 1.82) is 0 Å². The van der Waals surface area contributed by atoms with Crippen molar-refractivity contribution in [3.63, 3.8) is 0 Å². The normalized spacial score (nSPS) is 20.4. The maximum atomic E-state index is 12.5. The second-order valence-electron chi connectivity index (χ2n) is 5.79. The van der Waals surface area contributed by atoms with Gasteiger partial charge in [-0.15, -0.1) is 0 Å². The Hall–Kier alpha value is -1.20. The van der Waals surface area contributed by atoms with E-state index in [0.717, 1.165) is 24.0 Å². The molecule has 2 atom stereocenters. The first-order valence-electron chi connectivity index (χ1n) is 7.26. The summed E-state index contributed by atoms with van der Waals surface area (Å²) in [6, 6.07) is 5.52. The number of hydrogen-bond donors (Lipinski definition) is 0. The fourth-order valence-electron chi connectivity index (χ4n) is 2.56. The number of benzene rings is 1. The zero-order chi connectivity index (χ0) is 15.6. The van der Waals surface area contributed by atoms with Crippen molar-refractivity contribution in [2.75, 3.05) is 12.4 Å². The van der Waals surface area contributed by atoms with Crippen LogP contribution >= 0.6 is 0 Å². The molecule has 0 bridgehead atoms. The number of rotatable bonds is 5. The molecule has 116 valence electrons.